The average Bonchev–Trinajstić information content (AvgIpc) is 3.14. The smallest absolute Gasteiger partial charge is 0.284 e. The summed E-state index contributed by atoms with van der Waals surface area (Å²) in [6.07, 6.45) is 2.10. The lowest BCUT2D eigenvalue weighted by Gasteiger charge is -2.17. The Kier molecular flexibility index (Phi) is 5.78. The quantitative estimate of drug-likeness (QED) is 0.612. The first-order chi connectivity index (χ1) is 13.5. The van der Waals surface area contributed by atoms with E-state index in [1.165, 1.54) is 23.0 Å². The van der Waals surface area contributed by atoms with Crippen LogP contribution in [0.15, 0.2) is 41.5 Å². The highest BCUT2D eigenvalue weighted by Crippen LogP contribution is 2.10. The van der Waals surface area contributed by atoms with E-state index in [9.17, 15) is 14.4 Å². The molecule has 28 heavy (non-hydrogen) atoms. The first kappa shape index (κ1) is 19.2. The van der Waals surface area contributed by atoms with E-state index in [0.29, 0.717) is 12.2 Å². The zero-order chi connectivity index (χ0) is 20.1. The SMILES string of the molecule is CCCNC(=O)CN(C)C(=O)Cn1cnc2c(nnn2-c2ccccc2)c1=O. The van der Waals surface area contributed by atoms with Crippen molar-refractivity contribution in [2.24, 2.45) is 0 Å². The van der Waals surface area contributed by atoms with Crippen LogP contribution in [0, 0.1) is 0 Å². The molecule has 146 valence electrons. The van der Waals surface area contributed by atoms with Gasteiger partial charge in [0.25, 0.3) is 5.56 Å². The van der Waals surface area contributed by atoms with E-state index in [1.54, 1.807) is 0 Å². The Hall–Kier alpha value is -3.56. The molecule has 0 bridgehead atoms. The molecule has 0 fully saturated rings. The molecule has 1 N–H and O–H groups in total. The van der Waals surface area contributed by atoms with Crippen LogP contribution in [0.5, 0.6) is 0 Å². The number of amides is 2. The van der Waals surface area contributed by atoms with Crippen molar-refractivity contribution in [3.8, 4) is 5.69 Å². The largest absolute Gasteiger partial charge is 0.355 e. The van der Waals surface area contributed by atoms with E-state index >= 15 is 0 Å². The number of aromatic nitrogens is 5. The molecule has 2 heterocycles. The molecule has 2 aromatic heterocycles. The lowest BCUT2D eigenvalue weighted by molar-refractivity contribution is -0.135. The van der Waals surface area contributed by atoms with Crippen molar-refractivity contribution in [3.63, 3.8) is 0 Å². The Labute approximate surface area is 160 Å². The van der Waals surface area contributed by atoms with Crippen LogP contribution in [0.3, 0.4) is 0 Å². The standard InChI is InChI=1S/C18H21N7O3/c1-3-9-19-14(26)10-23(2)15(27)11-24-12-20-17-16(18(24)28)21-22-25(17)13-7-5-4-6-8-13/h4-8,12H,3,9-11H2,1-2H3,(H,19,26). The summed E-state index contributed by atoms with van der Waals surface area (Å²) in [4.78, 5) is 42.3. The van der Waals surface area contributed by atoms with Crippen LogP contribution in [0.4, 0.5) is 0 Å². The third-order valence-corrected chi connectivity index (χ3v) is 4.11. The monoisotopic (exact) mass is 383 g/mol. The summed E-state index contributed by atoms with van der Waals surface area (Å²) in [6.45, 7) is 2.18. The molecule has 1 aromatic carbocycles. The van der Waals surface area contributed by atoms with E-state index in [1.807, 2.05) is 37.3 Å². The number of para-hydroxylation sites is 1. The van der Waals surface area contributed by atoms with Gasteiger partial charge in [0.05, 0.1) is 12.2 Å². The van der Waals surface area contributed by atoms with Crippen molar-refractivity contribution < 1.29 is 9.59 Å². The van der Waals surface area contributed by atoms with Gasteiger partial charge in [0.2, 0.25) is 11.8 Å². The molecule has 10 heteroatoms. The fraction of sp³-hybridized carbons (Fsp3) is 0.333. The number of fused-ring (bicyclic) bond motifs is 1. The summed E-state index contributed by atoms with van der Waals surface area (Å²) in [6, 6.07) is 9.20. The average molecular weight is 383 g/mol. The van der Waals surface area contributed by atoms with Crippen molar-refractivity contribution in [2.75, 3.05) is 20.1 Å². The first-order valence-electron chi connectivity index (χ1n) is 8.88. The number of rotatable bonds is 7. The van der Waals surface area contributed by atoms with Gasteiger partial charge < -0.3 is 10.2 Å². The van der Waals surface area contributed by atoms with E-state index in [2.05, 4.69) is 20.6 Å². The van der Waals surface area contributed by atoms with Crippen molar-refractivity contribution in [1.82, 2.24) is 34.8 Å². The molecule has 0 aliphatic heterocycles. The predicted molar refractivity (Wildman–Crippen MR) is 102 cm³/mol. The molecule has 0 spiro atoms. The molecular formula is C18H21N7O3. The molecule has 0 atom stereocenters. The Bertz CT molecular complexity index is 1040. The number of nitrogens with one attached hydrogen (secondary N) is 1. The Balaban J connectivity index is 1.77. The third kappa shape index (κ3) is 4.05. The van der Waals surface area contributed by atoms with Crippen molar-refractivity contribution in [3.05, 3.63) is 47.0 Å². The molecule has 0 unspecified atom stereocenters. The molecule has 3 aromatic rings. The predicted octanol–water partition coefficient (Wildman–Crippen LogP) is -0.0382. The Morgan fingerprint density at radius 3 is 2.68 bits per heavy atom. The van der Waals surface area contributed by atoms with Gasteiger partial charge in [-0.15, -0.1) is 5.10 Å². The maximum Gasteiger partial charge on any atom is 0.284 e. The minimum absolute atomic E-state index is 0.0718. The lowest BCUT2D eigenvalue weighted by Crippen LogP contribution is -2.41. The molecule has 0 saturated carbocycles. The number of carbonyl (C=O) groups excluding carboxylic acids is 2. The molecule has 0 radical (unpaired) electrons. The highest BCUT2D eigenvalue weighted by Gasteiger charge is 2.17. The maximum absolute atomic E-state index is 12.7. The van der Waals surface area contributed by atoms with Gasteiger partial charge in [-0.2, -0.15) is 4.68 Å². The highest BCUT2D eigenvalue weighted by atomic mass is 16.2. The molecule has 0 saturated heterocycles. The second-order valence-corrected chi connectivity index (χ2v) is 6.29. The zero-order valence-electron chi connectivity index (χ0n) is 15.7. The molecular weight excluding hydrogens is 362 g/mol. The fourth-order valence-electron chi connectivity index (χ4n) is 2.59. The molecule has 10 nitrogen and oxygen atoms in total. The van der Waals surface area contributed by atoms with Crippen LogP contribution >= 0.6 is 0 Å². The summed E-state index contributed by atoms with van der Waals surface area (Å²) < 4.78 is 2.63. The van der Waals surface area contributed by atoms with Gasteiger partial charge >= 0.3 is 0 Å². The van der Waals surface area contributed by atoms with Gasteiger partial charge in [-0.05, 0) is 18.6 Å². The summed E-state index contributed by atoms with van der Waals surface area (Å²) in [7, 11) is 1.51. The van der Waals surface area contributed by atoms with Gasteiger partial charge in [0.1, 0.15) is 12.9 Å². The van der Waals surface area contributed by atoms with Gasteiger partial charge in [0.15, 0.2) is 11.2 Å². The Morgan fingerprint density at radius 2 is 1.96 bits per heavy atom. The molecule has 0 aliphatic rings. The number of benzene rings is 1. The highest BCUT2D eigenvalue weighted by molar-refractivity contribution is 5.84. The number of hydrogen-bond acceptors (Lipinski definition) is 6. The van der Waals surface area contributed by atoms with E-state index in [-0.39, 0.29) is 30.4 Å². The number of hydrogen-bond donors (Lipinski definition) is 1. The van der Waals surface area contributed by atoms with Crippen LogP contribution in [-0.2, 0) is 16.1 Å². The summed E-state index contributed by atoms with van der Waals surface area (Å²) in [5.74, 6) is -0.630. The molecule has 0 aliphatic carbocycles. The van der Waals surface area contributed by atoms with Crippen LogP contribution in [0.25, 0.3) is 16.9 Å². The zero-order valence-corrected chi connectivity index (χ0v) is 15.7. The van der Waals surface area contributed by atoms with E-state index in [4.69, 9.17) is 0 Å². The van der Waals surface area contributed by atoms with Crippen molar-refractivity contribution in [1.29, 1.82) is 0 Å². The van der Waals surface area contributed by atoms with Gasteiger partial charge in [-0.25, -0.2) is 4.98 Å². The topological polar surface area (TPSA) is 115 Å². The normalized spacial score (nSPS) is 10.8. The van der Waals surface area contributed by atoms with Crippen LogP contribution < -0.4 is 10.9 Å². The number of nitrogens with zero attached hydrogens (tertiary/aromatic N) is 6. The minimum Gasteiger partial charge on any atom is -0.355 e. The van der Waals surface area contributed by atoms with Crippen LogP contribution in [0.2, 0.25) is 0 Å². The second kappa shape index (κ2) is 8.42. The van der Waals surface area contributed by atoms with Gasteiger partial charge in [-0.3, -0.25) is 19.0 Å². The van der Waals surface area contributed by atoms with Gasteiger partial charge in [-0.1, -0.05) is 30.3 Å². The van der Waals surface area contributed by atoms with E-state index < -0.39 is 5.56 Å². The van der Waals surface area contributed by atoms with Crippen LogP contribution in [-0.4, -0.2) is 61.4 Å². The number of carbonyl (C=O) groups is 2. The summed E-state index contributed by atoms with van der Waals surface area (Å²) in [5, 5.41) is 10.6. The van der Waals surface area contributed by atoms with Crippen LogP contribution in [0.1, 0.15) is 13.3 Å². The summed E-state index contributed by atoms with van der Waals surface area (Å²) >= 11 is 0. The third-order valence-electron chi connectivity index (χ3n) is 4.11. The van der Waals surface area contributed by atoms with E-state index in [0.717, 1.165) is 16.7 Å². The van der Waals surface area contributed by atoms with Crippen molar-refractivity contribution in [2.45, 2.75) is 19.9 Å². The van der Waals surface area contributed by atoms with Gasteiger partial charge in [0, 0.05) is 13.6 Å². The fourth-order valence-corrected chi connectivity index (χ4v) is 2.59. The summed E-state index contributed by atoms with van der Waals surface area (Å²) in [5.41, 5.74) is 0.641. The Morgan fingerprint density at radius 1 is 1.21 bits per heavy atom. The molecule has 2 amide bonds. The number of likely N-dealkylation sites (N-methyl/N-ethyl adjacent to an activating group) is 1. The first-order valence-corrected chi connectivity index (χ1v) is 8.88. The lowest BCUT2D eigenvalue weighted by atomic mass is 10.3. The van der Waals surface area contributed by atoms with Crippen molar-refractivity contribution >= 4 is 23.0 Å². The maximum atomic E-state index is 12.7. The second-order valence-electron chi connectivity index (χ2n) is 6.29. The molecule has 3 rings (SSSR count). The minimum atomic E-state index is -0.468.